The lowest BCUT2D eigenvalue weighted by atomic mass is 9.92. The second-order valence-corrected chi connectivity index (χ2v) is 5.24. The molecule has 0 heterocycles. The zero-order valence-corrected chi connectivity index (χ0v) is 11.6. The molecule has 0 saturated heterocycles. The van der Waals surface area contributed by atoms with Gasteiger partial charge in [0, 0.05) is 17.1 Å². The Balaban J connectivity index is 2.86. The molecule has 1 rings (SSSR count). The van der Waals surface area contributed by atoms with Crippen LogP contribution in [0.1, 0.15) is 19.4 Å². The summed E-state index contributed by atoms with van der Waals surface area (Å²) >= 11 is 3.34. The van der Waals surface area contributed by atoms with Crippen molar-refractivity contribution in [3.63, 3.8) is 0 Å². The first-order chi connectivity index (χ1) is 7.87. The molecule has 94 valence electrons. The molecule has 0 aliphatic carbocycles. The van der Waals surface area contributed by atoms with Crippen LogP contribution in [0.5, 0.6) is 0 Å². The minimum absolute atomic E-state index is 0.0826. The summed E-state index contributed by atoms with van der Waals surface area (Å²) in [6.45, 7) is 3.92. The van der Waals surface area contributed by atoms with Crippen LogP contribution in [0.4, 0.5) is 0 Å². The van der Waals surface area contributed by atoms with E-state index in [1.165, 1.54) is 0 Å². The van der Waals surface area contributed by atoms with Crippen LogP contribution < -0.4 is 16.8 Å². The molecule has 17 heavy (non-hydrogen) atoms. The van der Waals surface area contributed by atoms with Gasteiger partial charge in [-0.25, -0.2) is 0 Å². The molecular formula is C12H18BrN3O. The number of benzene rings is 1. The Morgan fingerprint density at radius 3 is 2.47 bits per heavy atom. The molecule has 0 spiro atoms. The van der Waals surface area contributed by atoms with E-state index in [1.807, 2.05) is 31.2 Å². The summed E-state index contributed by atoms with van der Waals surface area (Å²) in [4.78, 5) is 12.0. The highest BCUT2D eigenvalue weighted by Gasteiger charge is 2.30. The van der Waals surface area contributed by atoms with Crippen LogP contribution in [0.3, 0.4) is 0 Å². The molecule has 0 saturated carbocycles. The van der Waals surface area contributed by atoms with Crippen LogP contribution in [0.25, 0.3) is 0 Å². The van der Waals surface area contributed by atoms with Crippen molar-refractivity contribution in [1.29, 1.82) is 0 Å². The van der Waals surface area contributed by atoms with Crippen LogP contribution in [-0.2, 0) is 10.3 Å². The molecule has 0 aliphatic rings. The lowest BCUT2D eigenvalue weighted by Crippen LogP contribution is -2.52. The average Bonchev–Trinajstić information content (AvgIpc) is 2.29. The standard InChI is InChI=1S/C12H18BrN3O/c1-8(7-14)16-11(17)12(2,15)9-3-5-10(13)6-4-9/h3-6,8H,7,14-15H2,1-2H3,(H,16,17)/t8-,12?/m1/s1. The Morgan fingerprint density at radius 1 is 1.47 bits per heavy atom. The molecule has 4 nitrogen and oxygen atoms in total. The molecule has 0 radical (unpaired) electrons. The van der Waals surface area contributed by atoms with Gasteiger partial charge < -0.3 is 16.8 Å². The zero-order chi connectivity index (χ0) is 13.1. The monoisotopic (exact) mass is 299 g/mol. The number of nitrogens with one attached hydrogen (secondary N) is 1. The van der Waals surface area contributed by atoms with Gasteiger partial charge in [-0.05, 0) is 31.5 Å². The highest BCUT2D eigenvalue weighted by atomic mass is 79.9. The predicted octanol–water partition coefficient (Wildman–Crippen LogP) is 1.09. The summed E-state index contributed by atoms with van der Waals surface area (Å²) in [6, 6.07) is 7.30. The molecule has 0 bridgehead atoms. The average molecular weight is 300 g/mol. The maximum Gasteiger partial charge on any atom is 0.244 e. The third kappa shape index (κ3) is 3.52. The normalized spacial score (nSPS) is 16.1. The molecule has 0 fully saturated rings. The van der Waals surface area contributed by atoms with Crippen molar-refractivity contribution in [2.45, 2.75) is 25.4 Å². The second kappa shape index (κ2) is 5.62. The van der Waals surface area contributed by atoms with Gasteiger partial charge in [0.05, 0.1) is 0 Å². The fraction of sp³-hybridized carbons (Fsp3) is 0.417. The Labute approximate surface area is 110 Å². The number of carbonyl (C=O) groups excluding carboxylic acids is 1. The molecule has 0 aromatic heterocycles. The van der Waals surface area contributed by atoms with E-state index in [0.717, 1.165) is 10.0 Å². The summed E-state index contributed by atoms with van der Waals surface area (Å²) in [5, 5.41) is 2.78. The fourth-order valence-corrected chi connectivity index (χ4v) is 1.62. The fourth-order valence-electron chi connectivity index (χ4n) is 1.36. The number of halogens is 1. The van der Waals surface area contributed by atoms with E-state index in [-0.39, 0.29) is 11.9 Å². The van der Waals surface area contributed by atoms with E-state index in [4.69, 9.17) is 11.5 Å². The third-order valence-electron chi connectivity index (χ3n) is 2.65. The lowest BCUT2D eigenvalue weighted by molar-refractivity contribution is -0.126. The number of hydrogen-bond donors (Lipinski definition) is 3. The molecule has 1 unspecified atom stereocenters. The molecule has 2 atom stereocenters. The number of amides is 1. The minimum Gasteiger partial charge on any atom is -0.350 e. The minimum atomic E-state index is -1.05. The summed E-state index contributed by atoms with van der Waals surface area (Å²) < 4.78 is 0.952. The molecular weight excluding hydrogens is 282 g/mol. The maximum atomic E-state index is 12.0. The quantitative estimate of drug-likeness (QED) is 0.778. The van der Waals surface area contributed by atoms with E-state index in [0.29, 0.717) is 6.54 Å². The van der Waals surface area contributed by atoms with Gasteiger partial charge in [0.15, 0.2) is 0 Å². The topological polar surface area (TPSA) is 81.1 Å². The third-order valence-corrected chi connectivity index (χ3v) is 3.18. The summed E-state index contributed by atoms with van der Waals surface area (Å²) in [7, 11) is 0. The Bertz CT molecular complexity index is 389. The Morgan fingerprint density at radius 2 is 2.00 bits per heavy atom. The first kappa shape index (κ1) is 14.2. The first-order valence-corrected chi connectivity index (χ1v) is 6.23. The van der Waals surface area contributed by atoms with Gasteiger partial charge in [0.1, 0.15) is 5.54 Å². The van der Waals surface area contributed by atoms with Crippen molar-refractivity contribution in [3.05, 3.63) is 34.3 Å². The van der Waals surface area contributed by atoms with Gasteiger partial charge in [-0.3, -0.25) is 4.79 Å². The number of hydrogen-bond acceptors (Lipinski definition) is 3. The van der Waals surface area contributed by atoms with Gasteiger partial charge in [-0.1, -0.05) is 28.1 Å². The zero-order valence-electron chi connectivity index (χ0n) is 10.0. The van der Waals surface area contributed by atoms with E-state index in [9.17, 15) is 4.79 Å². The summed E-state index contributed by atoms with van der Waals surface area (Å²) in [6.07, 6.45) is 0. The van der Waals surface area contributed by atoms with Crippen LogP contribution in [0, 0.1) is 0 Å². The van der Waals surface area contributed by atoms with Crippen LogP contribution in [0.2, 0.25) is 0 Å². The molecule has 5 N–H and O–H groups in total. The maximum absolute atomic E-state index is 12.0. The van der Waals surface area contributed by atoms with E-state index < -0.39 is 5.54 Å². The number of rotatable bonds is 4. The van der Waals surface area contributed by atoms with Gasteiger partial charge in [0.2, 0.25) is 5.91 Å². The van der Waals surface area contributed by atoms with Gasteiger partial charge >= 0.3 is 0 Å². The van der Waals surface area contributed by atoms with Gasteiger partial charge in [0.25, 0.3) is 0 Å². The van der Waals surface area contributed by atoms with Gasteiger partial charge in [-0.15, -0.1) is 0 Å². The van der Waals surface area contributed by atoms with E-state index >= 15 is 0 Å². The van der Waals surface area contributed by atoms with Gasteiger partial charge in [-0.2, -0.15) is 0 Å². The van der Waals surface area contributed by atoms with Crippen molar-refractivity contribution in [1.82, 2.24) is 5.32 Å². The SMILES string of the molecule is C[C@H](CN)NC(=O)C(C)(N)c1ccc(Br)cc1. The predicted molar refractivity (Wildman–Crippen MR) is 72.3 cm³/mol. The summed E-state index contributed by atoms with van der Waals surface area (Å²) in [5.74, 6) is -0.224. The van der Waals surface area contributed by atoms with Crippen molar-refractivity contribution in [2.75, 3.05) is 6.54 Å². The molecule has 1 amide bonds. The molecule has 1 aromatic carbocycles. The van der Waals surface area contributed by atoms with Crippen molar-refractivity contribution >= 4 is 21.8 Å². The van der Waals surface area contributed by atoms with Crippen molar-refractivity contribution < 1.29 is 4.79 Å². The van der Waals surface area contributed by atoms with Crippen LogP contribution in [-0.4, -0.2) is 18.5 Å². The molecule has 5 heteroatoms. The first-order valence-electron chi connectivity index (χ1n) is 5.44. The summed E-state index contributed by atoms with van der Waals surface area (Å²) in [5.41, 5.74) is 11.2. The highest BCUT2D eigenvalue weighted by molar-refractivity contribution is 9.10. The van der Waals surface area contributed by atoms with Crippen LogP contribution in [0.15, 0.2) is 28.7 Å². The Hall–Kier alpha value is -0.910. The molecule has 1 aromatic rings. The Kier molecular flexibility index (Phi) is 4.68. The highest BCUT2D eigenvalue weighted by Crippen LogP contribution is 2.20. The van der Waals surface area contributed by atoms with E-state index in [1.54, 1.807) is 6.92 Å². The largest absolute Gasteiger partial charge is 0.350 e. The van der Waals surface area contributed by atoms with Crippen molar-refractivity contribution in [3.8, 4) is 0 Å². The van der Waals surface area contributed by atoms with E-state index in [2.05, 4.69) is 21.2 Å². The van der Waals surface area contributed by atoms with Crippen LogP contribution >= 0.6 is 15.9 Å². The number of nitrogens with two attached hydrogens (primary N) is 2. The molecule has 0 aliphatic heterocycles. The number of carbonyl (C=O) groups is 1. The lowest BCUT2D eigenvalue weighted by Gasteiger charge is -2.26. The smallest absolute Gasteiger partial charge is 0.244 e. The van der Waals surface area contributed by atoms with Crippen molar-refractivity contribution in [2.24, 2.45) is 11.5 Å². The second-order valence-electron chi connectivity index (χ2n) is 4.32.